The number of hydrogen-bond donors (Lipinski definition) is 0. The van der Waals surface area contributed by atoms with Crippen LogP contribution in [0.2, 0.25) is 0 Å². The summed E-state index contributed by atoms with van der Waals surface area (Å²) in [6.07, 6.45) is -4.68. The van der Waals surface area contributed by atoms with Crippen LogP contribution in [0.25, 0.3) is 0 Å². The van der Waals surface area contributed by atoms with Gasteiger partial charge in [-0.05, 0) is 78.3 Å². The summed E-state index contributed by atoms with van der Waals surface area (Å²) in [7, 11) is -2.89. The van der Waals surface area contributed by atoms with Crippen molar-refractivity contribution in [1.29, 1.82) is 0 Å². The van der Waals surface area contributed by atoms with Crippen molar-refractivity contribution in [2.45, 2.75) is 82.2 Å². The highest BCUT2D eigenvalue weighted by Crippen LogP contribution is 2.47. The van der Waals surface area contributed by atoms with E-state index in [1.54, 1.807) is 48.5 Å². The molecule has 0 N–H and O–H groups in total. The molecule has 1 aliphatic rings. The standard InChI is InChI=1S/C30H36F3N3O6S/c1-18-10-16-21(17-11-18)43(39,40)36-23(19-12-14-20(15-13-19)30(31,32)33)22(34-27(2,3)4)24(35-28(5,6)7)29(36,25(37)41-8)26(38)42-9/h10-17,23H,1-9H3. The summed E-state index contributed by atoms with van der Waals surface area (Å²) >= 11 is 0. The summed E-state index contributed by atoms with van der Waals surface area (Å²) in [6.45, 7) is 11.8. The number of halogens is 3. The monoisotopic (exact) mass is 623 g/mol. The van der Waals surface area contributed by atoms with Crippen LogP contribution in [-0.2, 0) is 35.3 Å². The first-order valence-electron chi connectivity index (χ1n) is 13.3. The lowest BCUT2D eigenvalue weighted by Gasteiger charge is -2.35. The minimum absolute atomic E-state index is 0.00276. The molecule has 0 aliphatic carbocycles. The lowest BCUT2D eigenvalue weighted by atomic mass is 9.91. The zero-order valence-electron chi connectivity index (χ0n) is 25.5. The summed E-state index contributed by atoms with van der Waals surface area (Å²) in [5, 5.41) is 0. The van der Waals surface area contributed by atoms with E-state index < -0.39 is 56.4 Å². The fourth-order valence-electron chi connectivity index (χ4n) is 4.72. The maximum absolute atomic E-state index is 14.7. The van der Waals surface area contributed by atoms with Crippen molar-refractivity contribution in [3.05, 3.63) is 65.2 Å². The van der Waals surface area contributed by atoms with Crippen molar-refractivity contribution in [3.63, 3.8) is 0 Å². The molecule has 1 aliphatic heterocycles. The molecule has 1 unspecified atom stereocenters. The number of aliphatic imine (C=N–C) groups is 2. The molecular weight excluding hydrogens is 587 g/mol. The minimum Gasteiger partial charge on any atom is -0.467 e. The van der Waals surface area contributed by atoms with Gasteiger partial charge in [-0.25, -0.2) is 18.0 Å². The molecule has 2 aromatic carbocycles. The Morgan fingerprint density at radius 3 is 1.67 bits per heavy atom. The number of carbonyl (C=O) groups excluding carboxylic acids is 2. The van der Waals surface area contributed by atoms with E-state index in [2.05, 4.69) is 4.99 Å². The number of nitrogens with zero attached hydrogens (tertiary/aromatic N) is 3. The van der Waals surface area contributed by atoms with Gasteiger partial charge in [0.1, 0.15) is 5.71 Å². The molecule has 1 saturated heterocycles. The van der Waals surface area contributed by atoms with Crippen LogP contribution in [0, 0.1) is 6.92 Å². The van der Waals surface area contributed by atoms with Gasteiger partial charge in [0.15, 0.2) is 0 Å². The largest absolute Gasteiger partial charge is 0.467 e. The Kier molecular flexibility index (Phi) is 9.06. The third-order valence-electron chi connectivity index (χ3n) is 6.41. The molecule has 234 valence electrons. The van der Waals surface area contributed by atoms with E-state index in [0.717, 1.165) is 44.0 Å². The molecule has 0 bridgehead atoms. The van der Waals surface area contributed by atoms with E-state index in [-0.39, 0.29) is 21.9 Å². The van der Waals surface area contributed by atoms with Gasteiger partial charge in [0, 0.05) is 0 Å². The molecule has 0 aromatic heterocycles. The maximum atomic E-state index is 14.7. The Hall–Kier alpha value is -3.58. The van der Waals surface area contributed by atoms with Gasteiger partial charge in [-0.15, -0.1) is 0 Å². The van der Waals surface area contributed by atoms with Gasteiger partial charge in [-0.2, -0.15) is 17.5 Å². The number of aryl methyl sites for hydroxylation is 1. The average Bonchev–Trinajstić information content (AvgIpc) is 3.16. The van der Waals surface area contributed by atoms with Crippen molar-refractivity contribution in [2.75, 3.05) is 14.2 Å². The van der Waals surface area contributed by atoms with Crippen molar-refractivity contribution in [2.24, 2.45) is 9.98 Å². The predicted octanol–water partition coefficient (Wildman–Crippen LogP) is 5.32. The van der Waals surface area contributed by atoms with Crippen LogP contribution in [0.3, 0.4) is 0 Å². The number of carbonyl (C=O) groups is 2. The van der Waals surface area contributed by atoms with E-state index in [9.17, 15) is 31.2 Å². The number of ether oxygens (including phenoxy) is 2. The highest BCUT2D eigenvalue weighted by atomic mass is 32.2. The number of esters is 2. The predicted molar refractivity (Wildman–Crippen MR) is 156 cm³/mol. The fraction of sp³-hybridized carbons (Fsp3) is 0.467. The third-order valence-corrected chi connectivity index (χ3v) is 8.28. The SMILES string of the molecule is COC(=O)C1(C(=O)OC)C(=NC(C)(C)C)C(=NC(C)(C)C)C(c2ccc(C(F)(F)F)cc2)N1S(=O)(=O)c1ccc(C)cc1. The lowest BCUT2D eigenvalue weighted by molar-refractivity contribution is -0.162. The van der Waals surface area contributed by atoms with Crippen LogP contribution in [0.1, 0.15) is 64.3 Å². The van der Waals surface area contributed by atoms with Crippen LogP contribution < -0.4 is 0 Å². The van der Waals surface area contributed by atoms with E-state index in [1.165, 1.54) is 24.3 Å². The van der Waals surface area contributed by atoms with Crippen LogP contribution in [-0.4, -0.2) is 66.9 Å². The molecule has 9 nitrogen and oxygen atoms in total. The molecular formula is C30H36F3N3O6S. The average molecular weight is 624 g/mol. The Balaban J connectivity index is 2.66. The summed E-state index contributed by atoms with van der Waals surface area (Å²) in [5.74, 6) is -2.65. The second-order valence-electron chi connectivity index (χ2n) is 12.1. The van der Waals surface area contributed by atoms with Crippen molar-refractivity contribution >= 4 is 33.4 Å². The molecule has 1 heterocycles. The molecule has 13 heteroatoms. The summed E-state index contributed by atoms with van der Waals surface area (Å²) in [6, 6.07) is 7.82. The Morgan fingerprint density at radius 1 is 0.814 bits per heavy atom. The molecule has 2 aromatic rings. The molecule has 1 atom stereocenters. The maximum Gasteiger partial charge on any atom is 0.416 e. The van der Waals surface area contributed by atoms with Crippen LogP contribution in [0.15, 0.2) is 63.4 Å². The smallest absolute Gasteiger partial charge is 0.416 e. The number of sulfonamides is 1. The first-order valence-corrected chi connectivity index (χ1v) is 14.7. The first kappa shape index (κ1) is 33.9. The van der Waals surface area contributed by atoms with Gasteiger partial charge < -0.3 is 9.47 Å². The number of rotatable bonds is 5. The normalized spacial score (nSPS) is 20.0. The number of benzene rings is 2. The number of methoxy groups -OCH3 is 2. The molecule has 0 spiro atoms. The van der Waals surface area contributed by atoms with Crippen LogP contribution in [0.5, 0.6) is 0 Å². The molecule has 0 saturated carbocycles. The summed E-state index contributed by atoms with van der Waals surface area (Å²) in [5.41, 5.74) is -5.50. The Labute approximate surface area is 249 Å². The van der Waals surface area contributed by atoms with Gasteiger partial charge >= 0.3 is 18.1 Å². The highest BCUT2D eigenvalue weighted by molar-refractivity contribution is 7.89. The molecule has 0 amide bonds. The van der Waals surface area contributed by atoms with Gasteiger partial charge in [0.25, 0.3) is 5.54 Å². The number of alkyl halides is 3. The van der Waals surface area contributed by atoms with Crippen LogP contribution >= 0.6 is 0 Å². The molecule has 43 heavy (non-hydrogen) atoms. The second-order valence-corrected chi connectivity index (χ2v) is 13.9. The molecule has 3 rings (SSSR count). The zero-order valence-corrected chi connectivity index (χ0v) is 26.3. The van der Waals surface area contributed by atoms with E-state index in [4.69, 9.17) is 14.5 Å². The Morgan fingerprint density at radius 2 is 1.28 bits per heavy atom. The van der Waals surface area contributed by atoms with Gasteiger partial charge in [0.05, 0.1) is 47.5 Å². The quantitative estimate of drug-likeness (QED) is 0.329. The number of hydrogen-bond acceptors (Lipinski definition) is 8. The fourth-order valence-corrected chi connectivity index (χ4v) is 6.52. The van der Waals surface area contributed by atoms with E-state index in [1.807, 2.05) is 0 Å². The van der Waals surface area contributed by atoms with Crippen molar-refractivity contribution in [1.82, 2.24) is 4.31 Å². The summed E-state index contributed by atoms with van der Waals surface area (Å²) < 4.78 is 80.6. The van der Waals surface area contributed by atoms with E-state index in [0.29, 0.717) is 4.31 Å². The molecule has 0 radical (unpaired) electrons. The lowest BCUT2D eigenvalue weighted by Crippen LogP contribution is -2.63. The van der Waals surface area contributed by atoms with E-state index >= 15 is 0 Å². The highest BCUT2D eigenvalue weighted by Gasteiger charge is 2.71. The first-order chi connectivity index (χ1) is 19.6. The zero-order chi connectivity index (χ0) is 32.8. The third kappa shape index (κ3) is 6.52. The Bertz CT molecular complexity index is 1530. The minimum atomic E-state index is -4.84. The van der Waals surface area contributed by atoms with Crippen molar-refractivity contribution < 1.29 is 40.7 Å². The second kappa shape index (κ2) is 11.5. The van der Waals surface area contributed by atoms with Gasteiger partial charge in [-0.3, -0.25) is 9.98 Å². The molecule has 1 fully saturated rings. The van der Waals surface area contributed by atoms with Crippen molar-refractivity contribution in [3.8, 4) is 0 Å². The van der Waals surface area contributed by atoms with Crippen LogP contribution in [0.4, 0.5) is 13.2 Å². The summed E-state index contributed by atoms with van der Waals surface area (Å²) in [4.78, 5) is 37.0. The van der Waals surface area contributed by atoms with Gasteiger partial charge in [0.2, 0.25) is 10.0 Å². The topological polar surface area (TPSA) is 115 Å². The van der Waals surface area contributed by atoms with Gasteiger partial charge in [-0.1, -0.05) is 29.8 Å².